The molecule has 1 unspecified atom stereocenters. The SMILES string of the molecule is CCNC(c1cccc(CC(C)C)c1)C(C)(C)OC. The van der Waals surface area contributed by atoms with Gasteiger partial charge < -0.3 is 10.1 Å². The van der Waals surface area contributed by atoms with Crippen LogP contribution < -0.4 is 5.32 Å². The van der Waals surface area contributed by atoms with E-state index in [9.17, 15) is 0 Å². The Labute approximate surface area is 118 Å². The summed E-state index contributed by atoms with van der Waals surface area (Å²) in [5, 5.41) is 3.55. The third-order valence-electron chi connectivity index (χ3n) is 3.56. The second-order valence-corrected chi connectivity index (χ2v) is 6.14. The van der Waals surface area contributed by atoms with E-state index in [0.29, 0.717) is 5.92 Å². The molecule has 0 aliphatic rings. The molecular weight excluding hydrogens is 234 g/mol. The topological polar surface area (TPSA) is 21.3 Å². The molecule has 0 fully saturated rings. The van der Waals surface area contributed by atoms with Gasteiger partial charge in [0.25, 0.3) is 0 Å². The molecule has 0 aromatic heterocycles. The maximum absolute atomic E-state index is 5.67. The van der Waals surface area contributed by atoms with Gasteiger partial charge in [0.15, 0.2) is 0 Å². The molecule has 0 aliphatic carbocycles. The third kappa shape index (κ3) is 4.63. The average molecular weight is 263 g/mol. The largest absolute Gasteiger partial charge is 0.377 e. The highest BCUT2D eigenvalue weighted by Crippen LogP contribution is 2.29. The zero-order valence-corrected chi connectivity index (χ0v) is 13.3. The van der Waals surface area contributed by atoms with Crippen molar-refractivity contribution in [3.63, 3.8) is 0 Å². The van der Waals surface area contributed by atoms with Gasteiger partial charge >= 0.3 is 0 Å². The van der Waals surface area contributed by atoms with Crippen LogP contribution in [-0.2, 0) is 11.2 Å². The van der Waals surface area contributed by atoms with Crippen LogP contribution in [-0.4, -0.2) is 19.3 Å². The van der Waals surface area contributed by atoms with Crippen LogP contribution in [0.5, 0.6) is 0 Å². The highest BCUT2D eigenvalue weighted by molar-refractivity contribution is 5.28. The normalized spacial score (nSPS) is 13.8. The summed E-state index contributed by atoms with van der Waals surface area (Å²) in [6, 6.07) is 9.09. The van der Waals surface area contributed by atoms with Crippen molar-refractivity contribution in [2.75, 3.05) is 13.7 Å². The molecule has 0 saturated carbocycles. The molecule has 1 N–H and O–H groups in total. The Bertz CT molecular complexity index is 385. The first-order valence-corrected chi connectivity index (χ1v) is 7.28. The minimum atomic E-state index is -0.216. The molecule has 1 atom stereocenters. The molecule has 1 rings (SSSR count). The molecule has 2 nitrogen and oxygen atoms in total. The van der Waals surface area contributed by atoms with Crippen molar-refractivity contribution in [3.05, 3.63) is 35.4 Å². The van der Waals surface area contributed by atoms with E-state index in [1.54, 1.807) is 7.11 Å². The molecule has 0 heterocycles. The fourth-order valence-electron chi connectivity index (χ4n) is 2.46. The van der Waals surface area contributed by atoms with Crippen molar-refractivity contribution >= 4 is 0 Å². The molecule has 0 amide bonds. The monoisotopic (exact) mass is 263 g/mol. The number of likely N-dealkylation sites (N-methyl/N-ethyl adjacent to an activating group) is 1. The Morgan fingerprint density at radius 2 is 1.95 bits per heavy atom. The highest BCUT2D eigenvalue weighted by atomic mass is 16.5. The molecule has 0 spiro atoms. The molecule has 0 saturated heterocycles. The van der Waals surface area contributed by atoms with Gasteiger partial charge in [-0.2, -0.15) is 0 Å². The van der Waals surface area contributed by atoms with Crippen LogP contribution in [0.15, 0.2) is 24.3 Å². The van der Waals surface area contributed by atoms with Crippen molar-refractivity contribution in [2.24, 2.45) is 5.92 Å². The highest BCUT2D eigenvalue weighted by Gasteiger charge is 2.30. The van der Waals surface area contributed by atoms with Gasteiger partial charge in [0, 0.05) is 7.11 Å². The lowest BCUT2D eigenvalue weighted by Crippen LogP contribution is -2.40. The molecule has 0 radical (unpaired) electrons. The quantitative estimate of drug-likeness (QED) is 0.804. The predicted octanol–water partition coefficient (Wildman–Crippen LogP) is 3.96. The van der Waals surface area contributed by atoms with Gasteiger partial charge in [0.05, 0.1) is 11.6 Å². The van der Waals surface area contributed by atoms with Gasteiger partial charge in [-0.05, 0) is 43.9 Å². The molecule has 1 aromatic rings. The van der Waals surface area contributed by atoms with Gasteiger partial charge in [-0.25, -0.2) is 0 Å². The Balaban J connectivity index is 3.02. The fourth-order valence-corrected chi connectivity index (χ4v) is 2.46. The minimum Gasteiger partial charge on any atom is -0.377 e. The van der Waals surface area contributed by atoms with E-state index < -0.39 is 0 Å². The summed E-state index contributed by atoms with van der Waals surface area (Å²) >= 11 is 0. The van der Waals surface area contributed by atoms with Crippen LogP contribution in [0.25, 0.3) is 0 Å². The predicted molar refractivity (Wildman–Crippen MR) is 82.5 cm³/mol. The number of ether oxygens (including phenoxy) is 1. The Morgan fingerprint density at radius 3 is 2.47 bits per heavy atom. The molecule has 0 bridgehead atoms. The number of hydrogen-bond donors (Lipinski definition) is 1. The van der Waals surface area contributed by atoms with Gasteiger partial charge in [-0.1, -0.05) is 45.0 Å². The van der Waals surface area contributed by atoms with E-state index >= 15 is 0 Å². The zero-order chi connectivity index (χ0) is 14.5. The lowest BCUT2D eigenvalue weighted by molar-refractivity contribution is -0.0107. The van der Waals surface area contributed by atoms with E-state index in [2.05, 4.69) is 64.2 Å². The van der Waals surface area contributed by atoms with Gasteiger partial charge in [0.1, 0.15) is 0 Å². The molecule has 0 aliphatic heterocycles. The summed E-state index contributed by atoms with van der Waals surface area (Å²) in [6.45, 7) is 11.9. The van der Waals surface area contributed by atoms with Crippen LogP contribution in [0, 0.1) is 5.92 Å². The summed E-state index contributed by atoms with van der Waals surface area (Å²) in [5.74, 6) is 0.684. The van der Waals surface area contributed by atoms with E-state index in [4.69, 9.17) is 4.74 Å². The maximum atomic E-state index is 5.67. The lowest BCUT2D eigenvalue weighted by atomic mass is 9.89. The Morgan fingerprint density at radius 1 is 1.26 bits per heavy atom. The second kappa shape index (κ2) is 7.06. The van der Waals surface area contributed by atoms with E-state index in [0.717, 1.165) is 13.0 Å². The van der Waals surface area contributed by atoms with Crippen LogP contribution in [0.2, 0.25) is 0 Å². The van der Waals surface area contributed by atoms with Crippen molar-refractivity contribution in [1.29, 1.82) is 0 Å². The van der Waals surface area contributed by atoms with Crippen LogP contribution in [0.3, 0.4) is 0 Å². The number of hydrogen-bond acceptors (Lipinski definition) is 2. The van der Waals surface area contributed by atoms with E-state index in [-0.39, 0.29) is 11.6 Å². The first-order chi connectivity index (χ1) is 8.90. The molecular formula is C17H29NO. The molecule has 1 aromatic carbocycles. The van der Waals surface area contributed by atoms with E-state index in [1.807, 2.05) is 0 Å². The summed E-state index contributed by atoms with van der Waals surface area (Å²) < 4.78 is 5.67. The van der Waals surface area contributed by atoms with Gasteiger partial charge in [-0.3, -0.25) is 0 Å². The maximum Gasteiger partial charge on any atom is 0.0816 e. The van der Waals surface area contributed by atoms with Crippen LogP contribution in [0.4, 0.5) is 0 Å². The molecule has 108 valence electrons. The fraction of sp³-hybridized carbons (Fsp3) is 0.647. The smallest absolute Gasteiger partial charge is 0.0816 e. The molecule has 19 heavy (non-hydrogen) atoms. The Hall–Kier alpha value is -0.860. The first-order valence-electron chi connectivity index (χ1n) is 7.28. The number of rotatable bonds is 7. The van der Waals surface area contributed by atoms with E-state index in [1.165, 1.54) is 11.1 Å². The number of benzene rings is 1. The van der Waals surface area contributed by atoms with Crippen molar-refractivity contribution in [1.82, 2.24) is 5.32 Å². The summed E-state index contributed by atoms with van der Waals surface area (Å²) in [5.41, 5.74) is 2.50. The average Bonchev–Trinajstić information content (AvgIpc) is 2.35. The number of nitrogens with one attached hydrogen (secondary N) is 1. The van der Waals surface area contributed by atoms with Crippen molar-refractivity contribution < 1.29 is 4.74 Å². The third-order valence-corrected chi connectivity index (χ3v) is 3.56. The first kappa shape index (κ1) is 16.2. The van der Waals surface area contributed by atoms with Crippen LogP contribution in [0.1, 0.15) is 51.8 Å². The summed E-state index contributed by atoms with van der Waals surface area (Å²) in [6.07, 6.45) is 1.13. The second-order valence-electron chi connectivity index (χ2n) is 6.14. The zero-order valence-electron chi connectivity index (χ0n) is 13.3. The number of methoxy groups -OCH3 is 1. The standard InChI is InChI=1S/C17H29NO/c1-7-18-16(17(4,5)19-6)15-10-8-9-14(12-15)11-13(2)3/h8-10,12-13,16,18H,7,11H2,1-6H3. The summed E-state index contributed by atoms with van der Waals surface area (Å²) in [4.78, 5) is 0. The van der Waals surface area contributed by atoms with Gasteiger partial charge in [0.2, 0.25) is 0 Å². The summed E-state index contributed by atoms with van der Waals surface area (Å²) in [7, 11) is 1.78. The lowest BCUT2D eigenvalue weighted by Gasteiger charge is -2.34. The molecule has 2 heteroatoms. The minimum absolute atomic E-state index is 0.216. The van der Waals surface area contributed by atoms with Gasteiger partial charge in [-0.15, -0.1) is 0 Å². The van der Waals surface area contributed by atoms with Crippen molar-refractivity contribution in [3.8, 4) is 0 Å². The van der Waals surface area contributed by atoms with Crippen molar-refractivity contribution in [2.45, 2.75) is 52.7 Å². The Kier molecular flexibility index (Phi) is 6.02. The van der Waals surface area contributed by atoms with Crippen LogP contribution >= 0.6 is 0 Å².